The van der Waals surface area contributed by atoms with Crippen LogP contribution in [0.1, 0.15) is 0 Å². The molecule has 0 aromatic carbocycles. The van der Waals surface area contributed by atoms with Crippen LogP contribution < -0.4 is 0 Å². The Kier molecular flexibility index (Phi) is 157. The second kappa shape index (κ2) is 69.4. The summed E-state index contributed by atoms with van der Waals surface area (Å²) in [6, 6.07) is 0. The van der Waals surface area contributed by atoms with E-state index in [1.165, 1.54) is 18.2 Å². The monoisotopic (exact) mass is 175 g/mol. The van der Waals surface area contributed by atoms with E-state index in [1.54, 1.807) is 0 Å². The van der Waals surface area contributed by atoms with Crippen molar-refractivity contribution in [3.63, 3.8) is 0 Å². The summed E-state index contributed by atoms with van der Waals surface area (Å²) in [5, 5.41) is 0. The third kappa shape index (κ3) is 5770. The van der Waals surface area contributed by atoms with Crippen LogP contribution in [0.15, 0.2) is 38.0 Å². The van der Waals surface area contributed by atoms with Gasteiger partial charge < -0.3 is 0 Å². The Morgan fingerprint density at radius 1 is 0.600 bits per heavy atom. The number of hydrogen-bond acceptors (Lipinski definition) is 0. The van der Waals surface area contributed by atoms with E-state index in [9.17, 15) is 0 Å². The fraction of sp³-hybridized carbons (Fsp3) is 0. The normalized spacial score (nSPS) is 3.90. The van der Waals surface area contributed by atoms with E-state index in [1.807, 2.05) is 0 Å². The molecular formula is C9H15Cr. The second-order valence-corrected chi connectivity index (χ2v) is 0.866. The zero-order chi connectivity index (χ0) is 8.12. The Morgan fingerprint density at radius 2 is 0.600 bits per heavy atom. The van der Waals surface area contributed by atoms with E-state index in [0.717, 1.165) is 0 Å². The molecule has 0 saturated carbocycles. The molecule has 0 bridgehead atoms. The SMILES string of the molecule is [CH2]C=C.[CH2]C=C.[CH2]C=C.[Cr]. The van der Waals surface area contributed by atoms with Crippen molar-refractivity contribution in [2.45, 2.75) is 0 Å². The zero-order valence-corrected chi connectivity index (χ0v) is 7.66. The van der Waals surface area contributed by atoms with Crippen LogP contribution in [0, 0.1) is 20.8 Å². The summed E-state index contributed by atoms with van der Waals surface area (Å²) in [5.41, 5.74) is 0. The minimum absolute atomic E-state index is 0. The summed E-state index contributed by atoms with van der Waals surface area (Å²) in [6.07, 6.45) is 4.50. The molecule has 10 heavy (non-hydrogen) atoms. The van der Waals surface area contributed by atoms with Gasteiger partial charge in [0, 0.05) is 17.4 Å². The van der Waals surface area contributed by atoms with Crippen LogP contribution in [0.2, 0.25) is 0 Å². The van der Waals surface area contributed by atoms with Crippen LogP contribution in [0.5, 0.6) is 0 Å². The van der Waals surface area contributed by atoms with Gasteiger partial charge >= 0.3 is 0 Å². The van der Waals surface area contributed by atoms with Crippen molar-refractivity contribution in [3.05, 3.63) is 58.7 Å². The minimum Gasteiger partial charge on any atom is -0.103 e. The molecule has 3 radical (unpaired) electrons. The van der Waals surface area contributed by atoms with Crippen LogP contribution >= 0.6 is 0 Å². The first-order valence-corrected chi connectivity index (χ1v) is 2.45. The predicted molar refractivity (Wildman–Crippen MR) is 46.7 cm³/mol. The molecule has 0 fully saturated rings. The summed E-state index contributed by atoms with van der Waals surface area (Å²) < 4.78 is 0. The first-order valence-electron chi connectivity index (χ1n) is 2.45. The topological polar surface area (TPSA) is 0 Å². The predicted octanol–water partition coefficient (Wildman–Crippen LogP) is 3.02. The van der Waals surface area contributed by atoms with Crippen molar-refractivity contribution < 1.29 is 17.4 Å². The number of allylic oxidation sites excluding steroid dienone is 3. The van der Waals surface area contributed by atoms with E-state index in [2.05, 4.69) is 40.5 Å². The number of hydrogen-bond donors (Lipinski definition) is 0. The standard InChI is InChI=1S/3C3H5.Cr/c3*1-3-2;/h3*3H,1-2H2;. The van der Waals surface area contributed by atoms with E-state index in [-0.39, 0.29) is 17.4 Å². The van der Waals surface area contributed by atoms with Gasteiger partial charge in [-0.1, -0.05) is 18.2 Å². The van der Waals surface area contributed by atoms with Crippen LogP contribution in [-0.4, -0.2) is 0 Å². The maximum absolute atomic E-state index is 3.25. The molecule has 0 atom stereocenters. The van der Waals surface area contributed by atoms with Crippen molar-refractivity contribution in [2.75, 3.05) is 0 Å². The van der Waals surface area contributed by atoms with E-state index in [0.29, 0.717) is 0 Å². The smallest absolute Gasteiger partial charge is 0 e. The summed E-state index contributed by atoms with van der Waals surface area (Å²) >= 11 is 0. The third-order valence-corrected chi connectivity index (χ3v) is 0. The molecule has 1 heteroatoms. The van der Waals surface area contributed by atoms with Gasteiger partial charge in [-0.05, 0) is 20.8 Å². The molecular weight excluding hydrogens is 160 g/mol. The van der Waals surface area contributed by atoms with Gasteiger partial charge in [-0.3, -0.25) is 0 Å². The van der Waals surface area contributed by atoms with Gasteiger partial charge in [0.05, 0.1) is 0 Å². The Labute approximate surface area is 76.5 Å². The Bertz CT molecular complexity index is 41.5. The van der Waals surface area contributed by atoms with Gasteiger partial charge in [0.1, 0.15) is 0 Å². The molecule has 0 spiro atoms. The molecule has 0 rings (SSSR count). The van der Waals surface area contributed by atoms with Crippen LogP contribution in [-0.2, 0) is 17.4 Å². The van der Waals surface area contributed by atoms with Crippen molar-refractivity contribution in [1.82, 2.24) is 0 Å². The average molecular weight is 175 g/mol. The Balaban J connectivity index is -0.0000000257. The molecule has 0 saturated heterocycles. The average Bonchev–Trinajstić information content (AvgIpc) is 1.70. The number of rotatable bonds is 0. The van der Waals surface area contributed by atoms with E-state index < -0.39 is 0 Å². The van der Waals surface area contributed by atoms with Gasteiger partial charge in [0.15, 0.2) is 0 Å². The minimum atomic E-state index is 0. The van der Waals surface area contributed by atoms with Gasteiger partial charge in [-0.25, -0.2) is 0 Å². The molecule has 0 N–H and O–H groups in total. The third-order valence-electron chi connectivity index (χ3n) is 0. The molecule has 0 aliphatic rings. The first-order chi connectivity index (χ1) is 4.24. The van der Waals surface area contributed by atoms with Gasteiger partial charge in [0.25, 0.3) is 0 Å². The van der Waals surface area contributed by atoms with Gasteiger partial charge in [0.2, 0.25) is 0 Å². The van der Waals surface area contributed by atoms with Crippen LogP contribution in [0.3, 0.4) is 0 Å². The largest absolute Gasteiger partial charge is 0.103 e. The second-order valence-electron chi connectivity index (χ2n) is 0.866. The molecule has 0 amide bonds. The maximum Gasteiger partial charge on any atom is 0 e. The zero-order valence-electron chi connectivity index (χ0n) is 6.38. The van der Waals surface area contributed by atoms with Crippen molar-refractivity contribution in [2.24, 2.45) is 0 Å². The molecule has 0 nitrogen and oxygen atoms in total. The molecule has 0 heterocycles. The van der Waals surface area contributed by atoms with Crippen molar-refractivity contribution in [3.8, 4) is 0 Å². The molecule has 57 valence electrons. The Hall–Kier alpha value is -0.248. The molecule has 0 aromatic rings. The Morgan fingerprint density at radius 3 is 0.600 bits per heavy atom. The summed E-state index contributed by atoms with van der Waals surface area (Å²) in [4.78, 5) is 0. The quantitative estimate of drug-likeness (QED) is 0.531. The van der Waals surface area contributed by atoms with Gasteiger partial charge in [-0.15, -0.1) is 19.7 Å². The first kappa shape index (κ1) is 22.6. The van der Waals surface area contributed by atoms with E-state index >= 15 is 0 Å². The molecule has 0 aromatic heterocycles. The molecule has 0 aliphatic heterocycles. The van der Waals surface area contributed by atoms with Crippen molar-refractivity contribution >= 4 is 0 Å². The fourth-order valence-electron chi connectivity index (χ4n) is 0. The summed E-state index contributed by atoms with van der Waals surface area (Å²) in [5.74, 6) is 0. The van der Waals surface area contributed by atoms with Gasteiger partial charge in [-0.2, -0.15) is 0 Å². The van der Waals surface area contributed by atoms with E-state index in [4.69, 9.17) is 0 Å². The van der Waals surface area contributed by atoms with Crippen LogP contribution in [0.25, 0.3) is 0 Å². The summed E-state index contributed by atoms with van der Waals surface area (Å²) in [6.45, 7) is 19.5. The molecule has 0 unspecified atom stereocenters. The molecule has 0 aliphatic carbocycles. The van der Waals surface area contributed by atoms with Crippen molar-refractivity contribution in [1.29, 1.82) is 0 Å². The van der Waals surface area contributed by atoms with Crippen LogP contribution in [0.4, 0.5) is 0 Å². The maximum atomic E-state index is 3.25. The summed E-state index contributed by atoms with van der Waals surface area (Å²) in [7, 11) is 0. The fourth-order valence-corrected chi connectivity index (χ4v) is 0.